The summed E-state index contributed by atoms with van der Waals surface area (Å²) in [5.74, 6) is -1.34. The fraction of sp³-hybridized carbons (Fsp3) is 0.659. The molecule has 2 heterocycles. The molecule has 1 aromatic carbocycles. The predicted molar refractivity (Wildman–Crippen MR) is 209 cm³/mol. The monoisotopic (exact) mass is 752 g/mol. The summed E-state index contributed by atoms with van der Waals surface area (Å²) < 4.78 is 17.0. The van der Waals surface area contributed by atoms with Crippen LogP contribution in [-0.2, 0) is 39.8 Å². The van der Waals surface area contributed by atoms with Gasteiger partial charge in [-0.2, -0.15) is 0 Å². The van der Waals surface area contributed by atoms with Crippen LogP contribution in [0.4, 0.5) is 5.95 Å². The molecule has 8 atom stereocenters. The Balaban J connectivity index is 1.78. The maximum Gasteiger partial charge on any atom is 0.328 e. The van der Waals surface area contributed by atoms with Crippen LogP contribution in [0.1, 0.15) is 91.3 Å². The Morgan fingerprint density at radius 1 is 0.981 bits per heavy atom. The number of likely N-dealkylation sites (N-methyl/N-ethyl adjacent to an activating group) is 1. The van der Waals surface area contributed by atoms with Gasteiger partial charge in [-0.05, 0) is 42.2 Å². The molecular formula is C41H64N6O7. The maximum absolute atomic E-state index is 14.3. The van der Waals surface area contributed by atoms with Crippen LogP contribution in [0.3, 0.4) is 0 Å². The molecule has 1 fully saturated rings. The summed E-state index contributed by atoms with van der Waals surface area (Å²) in [5, 5.41) is 6.15. The second-order valence-corrected chi connectivity index (χ2v) is 15.2. The van der Waals surface area contributed by atoms with Gasteiger partial charge >= 0.3 is 5.97 Å². The fourth-order valence-electron chi connectivity index (χ4n) is 7.43. The molecular weight excluding hydrogens is 688 g/mol. The molecule has 54 heavy (non-hydrogen) atoms. The van der Waals surface area contributed by atoms with Crippen molar-refractivity contribution in [1.82, 2.24) is 25.1 Å². The zero-order valence-corrected chi connectivity index (χ0v) is 34.2. The first-order chi connectivity index (χ1) is 25.7. The van der Waals surface area contributed by atoms with E-state index < -0.39 is 42.2 Å². The van der Waals surface area contributed by atoms with E-state index in [4.69, 9.17) is 14.2 Å². The van der Waals surface area contributed by atoms with Crippen molar-refractivity contribution in [3.63, 3.8) is 0 Å². The van der Waals surface area contributed by atoms with Gasteiger partial charge in [0.25, 0.3) is 0 Å². The number of likely N-dealkylation sites (tertiary alicyclic amines) is 1. The van der Waals surface area contributed by atoms with Crippen molar-refractivity contribution in [1.29, 1.82) is 0 Å². The third kappa shape index (κ3) is 11.5. The molecule has 2 N–H and O–H groups in total. The number of aromatic nitrogens is 2. The third-order valence-electron chi connectivity index (χ3n) is 10.8. The van der Waals surface area contributed by atoms with Gasteiger partial charge in [0.15, 0.2) is 0 Å². The summed E-state index contributed by atoms with van der Waals surface area (Å²) in [7, 11) is 6.19. The normalized spacial score (nSPS) is 18.3. The lowest BCUT2D eigenvalue weighted by Gasteiger charge is -2.40. The van der Waals surface area contributed by atoms with Gasteiger partial charge in [-0.3, -0.25) is 14.4 Å². The molecule has 0 radical (unpaired) electrons. The lowest BCUT2D eigenvalue weighted by atomic mass is 9.89. The first-order valence-corrected chi connectivity index (χ1v) is 19.3. The lowest BCUT2D eigenvalue weighted by molar-refractivity contribution is -0.148. The number of rotatable bonds is 20. The lowest BCUT2D eigenvalue weighted by Crippen LogP contribution is -2.56. The molecule has 1 aliphatic rings. The van der Waals surface area contributed by atoms with Crippen molar-refractivity contribution < 1.29 is 33.4 Å². The summed E-state index contributed by atoms with van der Waals surface area (Å²) in [6.07, 6.45) is 2.94. The van der Waals surface area contributed by atoms with E-state index in [1.807, 2.05) is 50.2 Å². The highest BCUT2D eigenvalue weighted by Crippen LogP contribution is 2.30. The number of nitrogens with zero attached hydrogens (tertiary/aromatic N) is 4. The van der Waals surface area contributed by atoms with Gasteiger partial charge < -0.3 is 34.6 Å². The average Bonchev–Trinajstić information content (AvgIpc) is 3.65. The first-order valence-electron chi connectivity index (χ1n) is 19.3. The predicted octanol–water partition coefficient (Wildman–Crippen LogP) is 4.86. The molecule has 3 rings (SSSR count). The molecule has 0 saturated carbocycles. The maximum atomic E-state index is 14.3. The second-order valence-electron chi connectivity index (χ2n) is 15.2. The number of benzene rings is 1. The number of carbonyl (C=O) groups is 4. The molecule has 1 saturated heterocycles. The van der Waals surface area contributed by atoms with Gasteiger partial charge in [-0.1, -0.05) is 85.2 Å². The summed E-state index contributed by atoms with van der Waals surface area (Å²) in [6, 6.07) is 9.01. The Bertz CT molecular complexity index is 1510. The molecule has 3 amide bonds. The van der Waals surface area contributed by atoms with Crippen LogP contribution in [0.25, 0.3) is 0 Å². The highest BCUT2D eigenvalue weighted by molar-refractivity contribution is 5.87. The Kier molecular flexibility index (Phi) is 17.3. The minimum Gasteiger partial charge on any atom is -0.467 e. The Morgan fingerprint density at radius 2 is 1.67 bits per heavy atom. The summed E-state index contributed by atoms with van der Waals surface area (Å²) >= 11 is 0. The minimum absolute atomic E-state index is 0.00786. The van der Waals surface area contributed by atoms with Gasteiger partial charge in [-0.15, -0.1) is 0 Å². The van der Waals surface area contributed by atoms with Crippen LogP contribution < -0.4 is 10.6 Å². The molecule has 13 heteroatoms. The van der Waals surface area contributed by atoms with Crippen LogP contribution in [0.15, 0.2) is 42.6 Å². The number of methoxy groups -OCH3 is 3. The molecule has 13 nitrogen and oxygen atoms in total. The first kappa shape index (κ1) is 44.3. The van der Waals surface area contributed by atoms with E-state index in [-0.39, 0.29) is 54.4 Å². The van der Waals surface area contributed by atoms with Crippen molar-refractivity contribution in [3.05, 3.63) is 53.9 Å². The van der Waals surface area contributed by atoms with E-state index in [0.717, 1.165) is 24.1 Å². The van der Waals surface area contributed by atoms with Crippen molar-refractivity contribution >= 4 is 29.6 Å². The Morgan fingerprint density at radius 3 is 2.24 bits per heavy atom. The summed E-state index contributed by atoms with van der Waals surface area (Å²) in [6.45, 7) is 14.5. The van der Waals surface area contributed by atoms with Crippen LogP contribution >= 0.6 is 0 Å². The number of ether oxygens (including phenoxy) is 3. The molecule has 300 valence electrons. The van der Waals surface area contributed by atoms with E-state index in [2.05, 4.69) is 48.3 Å². The molecule has 1 aromatic heterocycles. The molecule has 0 spiro atoms. The van der Waals surface area contributed by atoms with Crippen LogP contribution in [0, 0.1) is 17.8 Å². The molecule has 1 unspecified atom stereocenters. The topological polar surface area (TPSA) is 152 Å². The Labute approximate surface area is 322 Å². The minimum atomic E-state index is -0.881. The van der Waals surface area contributed by atoms with Crippen molar-refractivity contribution in [2.75, 3.05) is 40.2 Å². The largest absolute Gasteiger partial charge is 0.467 e. The summed E-state index contributed by atoms with van der Waals surface area (Å²) in [4.78, 5) is 67.3. The average molecular weight is 753 g/mol. The number of hydrogen-bond acceptors (Lipinski definition) is 10. The molecule has 0 bridgehead atoms. The highest BCUT2D eigenvalue weighted by atomic mass is 16.5. The third-order valence-corrected chi connectivity index (χ3v) is 10.8. The molecule has 0 aliphatic carbocycles. The van der Waals surface area contributed by atoms with Gasteiger partial charge in [0.2, 0.25) is 23.7 Å². The van der Waals surface area contributed by atoms with Crippen LogP contribution in [0.5, 0.6) is 0 Å². The highest BCUT2D eigenvalue weighted by Gasteiger charge is 2.43. The van der Waals surface area contributed by atoms with Gasteiger partial charge in [0.05, 0.1) is 43.7 Å². The van der Waals surface area contributed by atoms with Crippen LogP contribution in [-0.4, -0.2) is 115 Å². The van der Waals surface area contributed by atoms with Gasteiger partial charge in [0.1, 0.15) is 12.1 Å². The molecule has 1 aliphatic heterocycles. The second kappa shape index (κ2) is 21.1. The fourth-order valence-corrected chi connectivity index (χ4v) is 7.43. The van der Waals surface area contributed by atoms with E-state index in [1.54, 1.807) is 37.1 Å². The quantitative estimate of drug-likeness (QED) is 0.180. The smallest absolute Gasteiger partial charge is 0.328 e. The SMILES string of the molecule is CC[C@H](C)[C@@H]([C@@H](CC(=O)N1CCC[C@H]1[C@H](OC)[C@@H](C)C(=O)NC(Cc1ccccc1)C(=O)OC)OC)N(C)C(=O)[C@@H](Nc1nccc(C(C)C)n1)C(C)C. The van der Waals surface area contributed by atoms with Gasteiger partial charge in [0, 0.05) is 46.1 Å². The summed E-state index contributed by atoms with van der Waals surface area (Å²) in [5.41, 5.74) is 1.76. The van der Waals surface area contributed by atoms with E-state index in [1.165, 1.54) is 14.2 Å². The number of carbonyl (C=O) groups excluding carboxylic acids is 4. The number of amides is 3. The number of hydrogen-bond donors (Lipinski definition) is 2. The van der Waals surface area contributed by atoms with Crippen molar-refractivity contribution in [2.45, 2.75) is 123 Å². The zero-order valence-electron chi connectivity index (χ0n) is 34.2. The number of esters is 1. The zero-order chi connectivity index (χ0) is 40.1. The number of nitrogens with one attached hydrogen (secondary N) is 2. The van der Waals surface area contributed by atoms with E-state index >= 15 is 0 Å². The van der Waals surface area contributed by atoms with E-state index in [9.17, 15) is 19.2 Å². The number of anilines is 1. The van der Waals surface area contributed by atoms with Crippen molar-refractivity contribution in [2.24, 2.45) is 17.8 Å². The Hall–Kier alpha value is -4.10. The van der Waals surface area contributed by atoms with Gasteiger partial charge in [-0.25, -0.2) is 14.8 Å². The standard InChI is InChI=1S/C41H64N6O7/c1-12-27(6)36(46(8)39(50)35(26(4)5)45-41-42-21-20-30(44-41)25(2)3)33(52-9)24-34(48)47-22-16-19-32(47)37(53-10)28(7)38(49)43-31(40(51)54-11)23-29-17-14-13-15-18-29/h13-15,17-18,20-21,25-28,31-33,35-37H,12,16,19,22-24H2,1-11H3,(H,43,49)(H,42,44,45)/t27-,28+,31?,32-,33+,35-,36-,37+/m0/s1. The molecule has 2 aromatic rings. The van der Waals surface area contributed by atoms with Crippen molar-refractivity contribution in [3.8, 4) is 0 Å². The van der Waals surface area contributed by atoms with E-state index in [0.29, 0.717) is 18.9 Å². The van der Waals surface area contributed by atoms with Crippen LogP contribution in [0.2, 0.25) is 0 Å².